The Kier molecular flexibility index (Phi) is 10.2. The van der Waals surface area contributed by atoms with Crippen LogP contribution in [0.25, 0.3) is 0 Å². The Morgan fingerprint density at radius 3 is 2.24 bits per heavy atom. The first-order valence-electron chi connectivity index (χ1n) is 12.8. The van der Waals surface area contributed by atoms with Gasteiger partial charge in [0.1, 0.15) is 11.5 Å². The van der Waals surface area contributed by atoms with Gasteiger partial charge in [0.15, 0.2) is 16.4 Å². The Balaban J connectivity index is 2.22. The van der Waals surface area contributed by atoms with Gasteiger partial charge in [-0.2, -0.15) is 0 Å². The van der Waals surface area contributed by atoms with Gasteiger partial charge in [0.25, 0.3) is 0 Å². The quantitative estimate of drug-likeness (QED) is 0.227. The number of esters is 1. The second-order valence-corrected chi connectivity index (χ2v) is 12.4. The molecule has 9 heteroatoms. The molecule has 0 N–H and O–H groups in total. The molecule has 0 amide bonds. The molecule has 0 bridgehead atoms. The summed E-state index contributed by atoms with van der Waals surface area (Å²) in [6, 6.07) is 11.2. The Hall–Kier alpha value is -2.39. The van der Waals surface area contributed by atoms with E-state index >= 15 is 0 Å². The van der Waals surface area contributed by atoms with Gasteiger partial charge >= 0.3 is 5.97 Å². The van der Waals surface area contributed by atoms with Crippen molar-refractivity contribution in [3.8, 4) is 11.5 Å². The number of sulfone groups is 1. The molecule has 0 aromatic heterocycles. The van der Waals surface area contributed by atoms with Crippen molar-refractivity contribution < 1.29 is 27.4 Å². The standard InChI is InChI=1S/C28H39NO6S2/c1-6-8-14-28(15-9-7-2)19-29(21-10-12-22(33-3)13-11-21)23-16-25(36-5)24(35-18-27(30)34-4)17-26(23)37(31,32)20-28/h10-13,16-17H,6-9,14-15,18-20H2,1-5H3. The van der Waals surface area contributed by atoms with Crippen LogP contribution in [-0.2, 0) is 19.4 Å². The van der Waals surface area contributed by atoms with Gasteiger partial charge in [0, 0.05) is 23.7 Å². The van der Waals surface area contributed by atoms with Gasteiger partial charge in [0.2, 0.25) is 0 Å². The lowest BCUT2D eigenvalue weighted by atomic mass is 9.79. The molecule has 1 aliphatic heterocycles. The molecule has 0 spiro atoms. The van der Waals surface area contributed by atoms with Gasteiger partial charge in [-0.05, 0) is 49.4 Å². The summed E-state index contributed by atoms with van der Waals surface area (Å²) >= 11 is 1.45. The van der Waals surface area contributed by atoms with Crippen molar-refractivity contribution in [2.75, 3.05) is 44.3 Å². The van der Waals surface area contributed by atoms with Crippen molar-refractivity contribution in [3.05, 3.63) is 36.4 Å². The number of hydrogen-bond donors (Lipinski definition) is 0. The second-order valence-electron chi connectivity index (χ2n) is 9.59. The van der Waals surface area contributed by atoms with E-state index in [-0.39, 0.29) is 17.3 Å². The van der Waals surface area contributed by atoms with Crippen LogP contribution in [0.4, 0.5) is 11.4 Å². The van der Waals surface area contributed by atoms with Crippen molar-refractivity contribution in [1.29, 1.82) is 0 Å². The number of anilines is 2. The Labute approximate surface area is 225 Å². The maximum absolute atomic E-state index is 14.1. The first-order valence-corrected chi connectivity index (χ1v) is 15.7. The van der Waals surface area contributed by atoms with E-state index in [9.17, 15) is 13.2 Å². The van der Waals surface area contributed by atoms with E-state index < -0.39 is 21.2 Å². The highest BCUT2D eigenvalue weighted by Gasteiger charge is 2.42. The summed E-state index contributed by atoms with van der Waals surface area (Å²) in [5.74, 6) is 0.660. The fourth-order valence-electron chi connectivity index (χ4n) is 4.93. The highest BCUT2D eigenvalue weighted by Crippen LogP contribution is 2.48. The van der Waals surface area contributed by atoms with Crippen LogP contribution < -0.4 is 14.4 Å². The smallest absolute Gasteiger partial charge is 0.343 e. The molecular formula is C28H39NO6S2. The summed E-state index contributed by atoms with van der Waals surface area (Å²) in [5, 5.41) is 0. The minimum Gasteiger partial charge on any atom is -0.497 e. The van der Waals surface area contributed by atoms with Crippen molar-refractivity contribution in [3.63, 3.8) is 0 Å². The Morgan fingerprint density at radius 2 is 1.70 bits per heavy atom. The third-order valence-corrected chi connectivity index (χ3v) is 9.69. The molecule has 0 aliphatic carbocycles. The van der Waals surface area contributed by atoms with E-state index in [4.69, 9.17) is 14.2 Å². The van der Waals surface area contributed by atoms with Crippen LogP contribution >= 0.6 is 11.8 Å². The zero-order valence-corrected chi connectivity index (χ0v) is 24.2. The number of nitrogens with zero attached hydrogens (tertiary/aromatic N) is 1. The van der Waals surface area contributed by atoms with Crippen LogP contribution in [0, 0.1) is 5.41 Å². The topological polar surface area (TPSA) is 82.1 Å². The molecule has 2 aromatic rings. The average Bonchev–Trinajstić information content (AvgIpc) is 3.00. The largest absolute Gasteiger partial charge is 0.497 e. The molecular weight excluding hydrogens is 510 g/mol. The van der Waals surface area contributed by atoms with Crippen LogP contribution in [0.1, 0.15) is 52.4 Å². The molecule has 7 nitrogen and oxygen atoms in total. The van der Waals surface area contributed by atoms with E-state index in [2.05, 4.69) is 18.7 Å². The molecule has 1 heterocycles. The second kappa shape index (κ2) is 12.9. The van der Waals surface area contributed by atoms with Crippen LogP contribution in [-0.4, -0.2) is 53.8 Å². The average molecular weight is 550 g/mol. The number of ether oxygens (including phenoxy) is 3. The van der Waals surface area contributed by atoms with Crippen LogP contribution in [0.5, 0.6) is 11.5 Å². The van der Waals surface area contributed by atoms with E-state index in [1.54, 1.807) is 13.2 Å². The minimum atomic E-state index is -3.66. The first-order chi connectivity index (χ1) is 17.7. The lowest BCUT2D eigenvalue weighted by Gasteiger charge is -2.37. The number of benzene rings is 2. The first kappa shape index (κ1) is 29.2. The van der Waals surface area contributed by atoms with E-state index in [0.29, 0.717) is 18.0 Å². The molecule has 204 valence electrons. The van der Waals surface area contributed by atoms with E-state index in [1.165, 1.54) is 18.9 Å². The highest BCUT2D eigenvalue weighted by atomic mass is 32.2. The number of rotatable bonds is 12. The van der Waals surface area contributed by atoms with Gasteiger partial charge in [-0.1, -0.05) is 39.5 Å². The van der Waals surface area contributed by atoms with Crippen molar-refractivity contribution in [2.45, 2.75) is 62.2 Å². The van der Waals surface area contributed by atoms with Gasteiger partial charge < -0.3 is 19.1 Å². The third-order valence-electron chi connectivity index (χ3n) is 6.94. The minimum absolute atomic E-state index is 0.0781. The summed E-state index contributed by atoms with van der Waals surface area (Å²) in [6.45, 7) is 4.60. The summed E-state index contributed by atoms with van der Waals surface area (Å²) in [4.78, 5) is 14.9. The van der Waals surface area contributed by atoms with Crippen molar-refractivity contribution in [1.82, 2.24) is 0 Å². The normalized spacial score (nSPS) is 16.0. The molecule has 0 radical (unpaired) electrons. The molecule has 3 rings (SSSR count). The third kappa shape index (κ3) is 6.93. The summed E-state index contributed by atoms with van der Waals surface area (Å²) in [7, 11) is -0.742. The predicted octanol–water partition coefficient (Wildman–Crippen LogP) is 6.26. The lowest BCUT2D eigenvalue weighted by Crippen LogP contribution is -2.38. The SMILES string of the molecule is CCCCC1(CCCC)CN(c2ccc(OC)cc2)c2cc(SC)c(OCC(=O)OC)cc2S(=O)(=O)C1. The number of carbonyl (C=O) groups excluding carboxylic acids is 1. The summed E-state index contributed by atoms with van der Waals surface area (Å²) in [5.41, 5.74) is 1.15. The van der Waals surface area contributed by atoms with Crippen LogP contribution in [0.3, 0.4) is 0 Å². The molecule has 0 fully saturated rings. The molecule has 0 saturated heterocycles. The Bertz CT molecular complexity index is 1160. The molecule has 0 saturated carbocycles. The number of hydrogen-bond acceptors (Lipinski definition) is 8. The number of fused-ring (bicyclic) bond motifs is 1. The number of carbonyl (C=O) groups is 1. The summed E-state index contributed by atoms with van der Waals surface area (Å²) < 4.78 is 43.9. The van der Waals surface area contributed by atoms with Gasteiger partial charge in [-0.15, -0.1) is 11.8 Å². The fraction of sp³-hybridized carbons (Fsp3) is 0.536. The molecule has 1 aliphatic rings. The maximum Gasteiger partial charge on any atom is 0.343 e. The molecule has 37 heavy (non-hydrogen) atoms. The van der Waals surface area contributed by atoms with Crippen LogP contribution in [0.2, 0.25) is 0 Å². The van der Waals surface area contributed by atoms with Crippen molar-refractivity contribution >= 4 is 38.9 Å². The highest BCUT2D eigenvalue weighted by molar-refractivity contribution is 7.98. The zero-order valence-electron chi connectivity index (χ0n) is 22.5. The number of methoxy groups -OCH3 is 2. The lowest BCUT2D eigenvalue weighted by molar-refractivity contribution is -0.142. The predicted molar refractivity (Wildman–Crippen MR) is 149 cm³/mol. The molecule has 0 atom stereocenters. The van der Waals surface area contributed by atoms with E-state index in [0.717, 1.165) is 54.9 Å². The van der Waals surface area contributed by atoms with E-state index in [1.807, 2.05) is 36.6 Å². The van der Waals surface area contributed by atoms with Gasteiger partial charge in [0.05, 0.1) is 35.5 Å². The van der Waals surface area contributed by atoms with Crippen LogP contribution in [0.15, 0.2) is 46.2 Å². The van der Waals surface area contributed by atoms with Gasteiger partial charge in [-0.25, -0.2) is 13.2 Å². The van der Waals surface area contributed by atoms with Gasteiger partial charge in [-0.3, -0.25) is 0 Å². The van der Waals surface area contributed by atoms with Crippen molar-refractivity contribution in [2.24, 2.45) is 5.41 Å². The maximum atomic E-state index is 14.1. The summed E-state index contributed by atoms with van der Waals surface area (Å²) in [6.07, 6.45) is 7.53. The molecule has 0 unspecified atom stereocenters. The fourth-order valence-corrected chi connectivity index (χ4v) is 7.59. The zero-order chi connectivity index (χ0) is 27.1. The monoisotopic (exact) mass is 549 g/mol. The number of unbranched alkanes of at least 4 members (excludes halogenated alkanes) is 2. The molecule has 2 aromatic carbocycles. The Morgan fingerprint density at radius 1 is 1.05 bits per heavy atom. The number of thioether (sulfide) groups is 1.